The molecule has 0 N–H and O–H groups in total. The second-order valence-corrected chi connectivity index (χ2v) is 3.09. The standard InChI is InChI=1S/C11H10N2/c1-13-10(6-7-12)8-9-4-2-3-5-11(9)13/h2-5,8H,6H2,1H3. The van der Waals surface area contributed by atoms with Crippen LogP contribution >= 0.6 is 0 Å². The van der Waals surface area contributed by atoms with Crippen molar-refractivity contribution in [3.05, 3.63) is 36.0 Å². The zero-order valence-electron chi connectivity index (χ0n) is 7.49. The fourth-order valence-electron chi connectivity index (χ4n) is 1.60. The number of fused-ring (bicyclic) bond motifs is 1. The first kappa shape index (κ1) is 7.88. The highest BCUT2D eigenvalue weighted by atomic mass is 14.9. The Kier molecular flexibility index (Phi) is 1.79. The Hall–Kier alpha value is -1.75. The van der Waals surface area contributed by atoms with Crippen LogP contribution < -0.4 is 0 Å². The SMILES string of the molecule is Cn1c(CC#N)cc2ccccc21. The van der Waals surface area contributed by atoms with Crippen molar-refractivity contribution in [2.45, 2.75) is 6.42 Å². The second kappa shape index (κ2) is 2.95. The van der Waals surface area contributed by atoms with Gasteiger partial charge in [-0.15, -0.1) is 0 Å². The Labute approximate surface area is 77.0 Å². The van der Waals surface area contributed by atoms with Crippen LogP contribution in [0.3, 0.4) is 0 Å². The first-order chi connectivity index (χ1) is 6.33. The highest BCUT2D eigenvalue weighted by Crippen LogP contribution is 2.18. The molecular formula is C11H10N2. The van der Waals surface area contributed by atoms with Crippen LogP contribution in [0.4, 0.5) is 0 Å². The Balaban J connectivity index is 2.68. The molecule has 0 saturated carbocycles. The van der Waals surface area contributed by atoms with E-state index < -0.39 is 0 Å². The molecule has 0 spiro atoms. The average Bonchev–Trinajstić information content (AvgIpc) is 2.46. The average molecular weight is 170 g/mol. The van der Waals surface area contributed by atoms with Crippen LogP contribution in [0.15, 0.2) is 30.3 Å². The van der Waals surface area contributed by atoms with Gasteiger partial charge in [-0.25, -0.2) is 0 Å². The van der Waals surface area contributed by atoms with Crippen LogP contribution in [0.5, 0.6) is 0 Å². The molecule has 64 valence electrons. The molecule has 13 heavy (non-hydrogen) atoms. The van der Waals surface area contributed by atoms with Gasteiger partial charge in [0.1, 0.15) is 0 Å². The van der Waals surface area contributed by atoms with Gasteiger partial charge in [0, 0.05) is 18.3 Å². The summed E-state index contributed by atoms with van der Waals surface area (Å²) in [5.74, 6) is 0. The van der Waals surface area contributed by atoms with Crippen LogP contribution in [-0.4, -0.2) is 4.57 Å². The van der Waals surface area contributed by atoms with Gasteiger partial charge in [0.15, 0.2) is 0 Å². The summed E-state index contributed by atoms with van der Waals surface area (Å²) < 4.78 is 2.07. The third-order valence-electron chi connectivity index (χ3n) is 2.31. The first-order valence-corrected chi connectivity index (χ1v) is 4.23. The minimum atomic E-state index is 0.477. The molecule has 0 fully saturated rings. The minimum Gasteiger partial charge on any atom is -0.347 e. The number of benzene rings is 1. The van der Waals surface area contributed by atoms with Gasteiger partial charge in [-0.05, 0) is 17.5 Å². The highest BCUT2D eigenvalue weighted by molar-refractivity contribution is 5.81. The molecule has 0 unspecified atom stereocenters. The van der Waals surface area contributed by atoms with Gasteiger partial charge in [0.25, 0.3) is 0 Å². The summed E-state index contributed by atoms with van der Waals surface area (Å²) in [6.07, 6.45) is 0.477. The number of aromatic nitrogens is 1. The molecule has 2 aromatic rings. The zero-order chi connectivity index (χ0) is 9.26. The van der Waals surface area contributed by atoms with E-state index in [-0.39, 0.29) is 0 Å². The summed E-state index contributed by atoms with van der Waals surface area (Å²) >= 11 is 0. The van der Waals surface area contributed by atoms with Crippen LogP contribution in [0, 0.1) is 11.3 Å². The zero-order valence-corrected chi connectivity index (χ0v) is 7.49. The minimum absolute atomic E-state index is 0.477. The van der Waals surface area contributed by atoms with Gasteiger partial charge in [0.05, 0.1) is 12.5 Å². The Morgan fingerprint density at radius 1 is 1.38 bits per heavy atom. The van der Waals surface area contributed by atoms with Crippen molar-refractivity contribution >= 4 is 10.9 Å². The predicted octanol–water partition coefficient (Wildman–Crippen LogP) is 2.24. The summed E-state index contributed by atoms with van der Waals surface area (Å²) in [4.78, 5) is 0. The first-order valence-electron chi connectivity index (χ1n) is 4.23. The highest BCUT2D eigenvalue weighted by Gasteiger charge is 2.03. The Morgan fingerprint density at radius 3 is 2.85 bits per heavy atom. The lowest BCUT2D eigenvalue weighted by Crippen LogP contribution is -1.93. The fourth-order valence-corrected chi connectivity index (χ4v) is 1.60. The molecule has 2 nitrogen and oxygen atoms in total. The molecule has 2 rings (SSSR count). The van der Waals surface area contributed by atoms with Gasteiger partial charge < -0.3 is 4.57 Å². The van der Waals surface area contributed by atoms with E-state index in [4.69, 9.17) is 5.26 Å². The third-order valence-corrected chi connectivity index (χ3v) is 2.31. The van der Waals surface area contributed by atoms with E-state index in [0.717, 1.165) is 5.69 Å². The van der Waals surface area contributed by atoms with Crippen molar-refractivity contribution in [3.8, 4) is 6.07 Å². The smallest absolute Gasteiger partial charge is 0.0754 e. The fraction of sp³-hybridized carbons (Fsp3) is 0.182. The molecule has 0 atom stereocenters. The molecule has 0 amide bonds. The van der Waals surface area contributed by atoms with Crippen molar-refractivity contribution in [2.24, 2.45) is 7.05 Å². The van der Waals surface area contributed by atoms with Gasteiger partial charge >= 0.3 is 0 Å². The number of nitriles is 1. The summed E-state index contributed by atoms with van der Waals surface area (Å²) in [5, 5.41) is 9.81. The molecule has 0 radical (unpaired) electrons. The van der Waals surface area contributed by atoms with E-state index in [9.17, 15) is 0 Å². The van der Waals surface area contributed by atoms with Crippen LogP contribution in [0.25, 0.3) is 10.9 Å². The quantitative estimate of drug-likeness (QED) is 0.645. The van der Waals surface area contributed by atoms with Crippen molar-refractivity contribution in [2.75, 3.05) is 0 Å². The number of para-hydroxylation sites is 1. The van der Waals surface area contributed by atoms with Crippen LogP contribution in [0.1, 0.15) is 5.69 Å². The maximum atomic E-state index is 8.61. The number of hydrogen-bond donors (Lipinski definition) is 0. The number of rotatable bonds is 1. The lowest BCUT2D eigenvalue weighted by atomic mass is 10.2. The molecule has 0 bridgehead atoms. The lowest BCUT2D eigenvalue weighted by Gasteiger charge is -1.98. The van der Waals surface area contributed by atoms with Crippen molar-refractivity contribution in [1.29, 1.82) is 5.26 Å². The maximum absolute atomic E-state index is 8.61. The van der Waals surface area contributed by atoms with Crippen LogP contribution in [0.2, 0.25) is 0 Å². The molecule has 0 saturated heterocycles. The van der Waals surface area contributed by atoms with E-state index >= 15 is 0 Å². The molecule has 2 heteroatoms. The van der Waals surface area contributed by atoms with Crippen LogP contribution in [-0.2, 0) is 13.5 Å². The van der Waals surface area contributed by atoms with Crippen molar-refractivity contribution in [3.63, 3.8) is 0 Å². The summed E-state index contributed by atoms with van der Waals surface area (Å²) in [5.41, 5.74) is 2.26. The largest absolute Gasteiger partial charge is 0.347 e. The third kappa shape index (κ3) is 1.19. The summed E-state index contributed by atoms with van der Waals surface area (Å²) in [6, 6.07) is 12.4. The van der Waals surface area contributed by atoms with Crippen molar-refractivity contribution < 1.29 is 0 Å². The lowest BCUT2D eigenvalue weighted by molar-refractivity contribution is 0.893. The molecular weight excluding hydrogens is 160 g/mol. The van der Waals surface area contributed by atoms with E-state index in [1.54, 1.807) is 0 Å². The van der Waals surface area contributed by atoms with E-state index in [1.807, 2.05) is 19.2 Å². The topological polar surface area (TPSA) is 28.7 Å². The number of aryl methyl sites for hydroxylation is 1. The van der Waals surface area contributed by atoms with E-state index in [1.165, 1.54) is 10.9 Å². The van der Waals surface area contributed by atoms with E-state index in [0.29, 0.717) is 6.42 Å². The Bertz CT molecular complexity index is 474. The van der Waals surface area contributed by atoms with Gasteiger partial charge in [0.2, 0.25) is 0 Å². The summed E-state index contributed by atoms with van der Waals surface area (Å²) in [7, 11) is 2.00. The maximum Gasteiger partial charge on any atom is 0.0754 e. The predicted molar refractivity (Wildman–Crippen MR) is 52.2 cm³/mol. The number of hydrogen-bond acceptors (Lipinski definition) is 1. The van der Waals surface area contributed by atoms with Gasteiger partial charge in [-0.1, -0.05) is 18.2 Å². The molecule has 0 aliphatic carbocycles. The summed E-state index contributed by atoms with van der Waals surface area (Å²) in [6.45, 7) is 0. The Morgan fingerprint density at radius 2 is 2.15 bits per heavy atom. The molecule has 1 aromatic heterocycles. The van der Waals surface area contributed by atoms with Gasteiger partial charge in [-0.3, -0.25) is 0 Å². The second-order valence-electron chi connectivity index (χ2n) is 3.09. The normalized spacial score (nSPS) is 10.2. The van der Waals surface area contributed by atoms with Gasteiger partial charge in [-0.2, -0.15) is 5.26 Å². The monoisotopic (exact) mass is 170 g/mol. The molecule has 0 aliphatic heterocycles. The number of nitrogens with zero attached hydrogens (tertiary/aromatic N) is 2. The molecule has 1 aromatic carbocycles. The van der Waals surface area contributed by atoms with E-state index in [2.05, 4.69) is 28.8 Å². The molecule has 1 heterocycles. The van der Waals surface area contributed by atoms with Crippen molar-refractivity contribution in [1.82, 2.24) is 4.57 Å². The molecule has 0 aliphatic rings.